The third-order valence-corrected chi connectivity index (χ3v) is 7.78. The third kappa shape index (κ3) is 3.21. The van der Waals surface area contributed by atoms with Gasteiger partial charge >= 0.3 is 0 Å². The van der Waals surface area contributed by atoms with Gasteiger partial charge in [0.25, 0.3) is 5.56 Å². The molecule has 0 aliphatic carbocycles. The first-order chi connectivity index (χ1) is 15.4. The molecule has 2 aliphatic rings. The molecule has 2 saturated heterocycles. The summed E-state index contributed by atoms with van der Waals surface area (Å²) >= 11 is 1.51. The summed E-state index contributed by atoms with van der Waals surface area (Å²) in [6.07, 6.45) is 2.03. The van der Waals surface area contributed by atoms with Crippen molar-refractivity contribution in [3.05, 3.63) is 39.1 Å². The molecule has 9 heteroatoms. The maximum absolute atomic E-state index is 12.9. The molecule has 0 aromatic carbocycles. The average Bonchev–Trinajstić information content (AvgIpc) is 3.39. The Balaban J connectivity index is 1.47. The second kappa shape index (κ2) is 7.78. The highest BCUT2D eigenvalue weighted by Gasteiger charge is 2.40. The summed E-state index contributed by atoms with van der Waals surface area (Å²) in [6, 6.07) is 8.79. The van der Waals surface area contributed by atoms with Crippen LogP contribution in [0.1, 0.15) is 23.4 Å². The number of hydrogen-bond donors (Lipinski definition) is 0. The molecule has 3 aromatic rings. The van der Waals surface area contributed by atoms with Crippen molar-refractivity contribution in [3.63, 3.8) is 0 Å². The molecule has 0 radical (unpaired) electrons. The van der Waals surface area contributed by atoms with E-state index in [1.807, 2.05) is 32.0 Å². The fourth-order valence-electron chi connectivity index (χ4n) is 5.18. The van der Waals surface area contributed by atoms with Gasteiger partial charge in [-0.1, -0.05) is 6.07 Å². The summed E-state index contributed by atoms with van der Waals surface area (Å²) in [7, 11) is 5.74. The molecule has 8 nitrogen and oxygen atoms in total. The van der Waals surface area contributed by atoms with Gasteiger partial charge in [0.15, 0.2) is 0 Å². The number of hydrogen-bond acceptors (Lipinski definition) is 8. The first-order valence-corrected chi connectivity index (χ1v) is 11.8. The van der Waals surface area contributed by atoms with Gasteiger partial charge in [-0.05, 0) is 37.8 Å². The minimum atomic E-state index is -0.237. The van der Waals surface area contributed by atoms with Crippen LogP contribution in [0.25, 0.3) is 10.3 Å². The van der Waals surface area contributed by atoms with Crippen LogP contribution in [0.2, 0.25) is 0 Å². The van der Waals surface area contributed by atoms with Crippen LogP contribution < -0.4 is 20.3 Å². The zero-order chi connectivity index (χ0) is 22.6. The largest absolute Gasteiger partial charge is 0.368 e. The molecular weight excluding hydrogens is 422 g/mol. The zero-order valence-corrected chi connectivity index (χ0v) is 19.7. The van der Waals surface area contributed by atoms with Gasteiger partial charge in [0, 0.05) is 46.8 Å². The first kappa shape index (κ1) is 20.8. The summed E-state index contributed by atoms with van der Waals surface area (Å²) in [6.45, 7) is 4.53. The number of thiazole rings is 1. The molecule has 0 bridgehead atoms. The predicted octanol–water partition coefficient (Wildman–Crippen LogP) is 2.74. The Bertz CT molecular complexity index is 1290. The summed E-state index contributed by atoms with van der Waals surface area (Å²) in [4.78, 5) is 30.0. The van der Waals surface area contributed by atoms with E-state index in [0.29, 0.717) is 12.0 Å². The summed E-state index contributed by atoms with van der Waals surface area (Å²) in [5.41, 5.74) is 1.47. The minimum Gasteiger partial charge on any atom is -0.368 e. The summed E-state index contributed by atoms with van der Waals surface area (Å²) in [5, 5.41) is 10.7. The molecule has 166 valence electrons. The average molecular weight is 450 g/mol. The molecule has 0 spiro atoms. The van der Waals surface area contributed by atoms with Crippen LogP contribution in [0, 0.1) is 24.2 Å². The van der Waals surface area contributed by atoms with Crippen molar-refractivity contribution < 1.29 is 0 Å². The molecule has 5 rings (SSSR count). The second-order valence-corrected chi connectivity index (χ2v) is 10.1. The normalized spacial score (nSPS) is 20.5. The Labute approximate surface area is 191 Å². The van der Waals surface area contributed by atoms with Crippen LogP contribution in [-0.4, -0.2) is 54.3 Å². The Morgan fingerprint density at radius 1 is 1.22 bits per heavy atom. The highest BCUT2D eigenvalue weighted by Crippen LogP contribution is 2.39. The summed E-state index contributed by atoms with van der Waals surface area (Å²) in [5.74, 6) is 2.45. The van der Waals surface area contributed by atoms with Crippen molar-refractivity contribution >= 4 is 39.0 Å². The Morgan fingerprint density at radius 2 is 2.03 bits per heavy atom. The van der Waals surface area contributed by atoms with E-state index >= 15 is 0 Å². The molecule has 2 aliphatic heterocycles. The fourth-order valence-corrected chi connectivity index (χ4v) is 6.06. The lowest BCUT2D eigenvalue weighted by Gasteiger charge is -2.39. The SMILES string of the molecule is Cc1nc2c(N3CC[C@H]4[C@H](CCN4c4cccc(N(C)C)n4)C3)c(C#N)c(=O)n(C)c2s1. The van der Waals surface area contributed by atoms with Gasteiger partial charge < -0.3 is 19.3 Å². The monoisotopic (exact) mass is 449 g/mol. The van der Waals surface area contributed by atoms with Crippen LogP contribution in [0.3, 0.4) is 0 Å². The van der Waals surface area contributed by atoms with Crippen LogP contribution in [0.4, 0.5) is 17.3 Å². The quantitative estimate of drug-likeness (QED) is 0.608. The minimum absolute atomic E-state index is 0.207. The van der Waals surface area contributed by atoms with Crippen molar-refractivity contribution in [2.75, 3.05) is 48.4 Å². The second-order valence-electron chi connectivity index (χ2n) is 8.88. The van der Waals surface area contributed by atoms with Gasteiger partial charge in [0.2, 0.25) is 0 Å². The summed E-state index contributed by atoms with van der Waals surface area (Å²) < 4.78 is 1.56. The smallest absolute Gasteiger partial charge is 0.271 e. The van der Waals surface area contributed by atoms with Crippen LogP contribution in [-0.2, 0) is 7.05 Å². The highest BCUT2D eigenvalue weighted by molar-refractivity contribution is 7.18. The number of rotatable bonds is 3. The Morgan fingerprint density at radius 3 is 2.78 bits per heavy atom. The van der Waals surface area contributed by atoms with Gasteiger partial charge in [-0.3, -0.25) is 4.79 Å². The van der Waals surface area contributed by atoms with E-state index < -0.39 is 0 Å². The molecule has 2 atom stereocenters. The molecule has 32 heavy (non-hydrogen) atoms. The van der Waals surface area contributed by atoms with Crippen LogP contribution in [0.15, 0.2) is 23.0 Å². The van der Waals surface area contributed by atoms with Gasteiger partial charge in [-0.2, -0.15) is 5.26 Å². The van der Waals surface area contributed by atoms with Crippen molar-refractivity contribution in [3.8, 4) is 6.07 Å². The van der Waals surface area contributed by atoms with Crippen molar-refractivity contribution in [2.45, 2.75) is 25.8 Å². The van der Waals surface area contributed by atoms with Crippen LogP contribution >= 0.6 is 11.3 Å². The number of pyridine rings is 2. The number of aromatic nitrogens is 3. The molecule has 0 N–H and O–H groups in total. The number of fused-ring (bicyclic) bond motifs is 2. The Kier molecular flexibility index (Phi) is 5.05. The molecule has 5 heterocycles. The predicted molar refractivity (Wildman–Crippen MR) is 129 cm³/mol. The number of nitrogens with zero attached hydrogens (tertiary/aromatic N) is 7. The van der Waals surface area contributed by atoms with E-state index in [9.17, 15) is 10.1 Å². The van der Waals surface area contributed by atoms with E-state index in [1.165, 1.54) is 11.3 Å². The molecule has 0 unspecified atom stereocenters. The highest BCUT2D eigenvalue weighted by atomic mass is 32.1. The van der Waals surface area contributed by atoms with E-state index in [2.05, 4.69) is 28.0 Å². The van der Waals surface area contributed by atoms with Crippen molar-refractivity contribution in [2.24, 2.45) is 13.0 Å². The number of aryl methyl sites for hydroxylation is 2. The standard InChI is InChI=1S/C23H27N7OS/c1-14-25-20-21(16(12-24)22(31)28(4)23(20)32-14)29-10-9-17-15(13-29)8-11-30(17)19-7-5-6-18(26-19)27(2)3/h5-7,15,17H,8-11,13H2,1-4H3/t15-,17+/m1/s1. The van der Waals surface area contributed by atoms with E-state index in [0.717, 1.165) is 65.2 Å². The van der Waals surface area contributed by atoms with Gasteiger partial charge in [0.05, 0.1) is 10.7 Å². The van der Waals surface area contributed by atoms with Crippen molar-refractivity contribution in [1.82, 2.24) is 14.5 Å². The van der Waals surface area contributed by atoms with Gasteiger partial charge in [-0.25, -0.2) is 9.97 Å². The lowest BCUT2D eigenvalue weighted by atomic mass is 9.92. The molecule has 2 fully saturated rings. The van der Waals surface area contributed by atoms with Gasteiger partial charge in [0.1, 0.15) is 33.6 Å². The van der Waals surface area contributed by atoms with E-state index in [1.54, 1.807) is 11.6 Å². The zero-order valence-electron chi connectivity index (χ0n) is 18.9. The van der Waals surface area contributed by atoms with Crippen molar-refractivity contribution in [1.29, 1.82) is 5.26 Å². The molecule has 0 saturated carbocycles. The van der Waals surface area contributed by atoms with E-state index in [-0.39, 0.29) is 11.1 Å². The lowest BCUT2D eigenvalue weighted by Crippen LogP contribution is -2.47. The maximum atomic E-state index is 12.9. The van der Waals surface area contributed by atoms with E-state index in [4.69, 9.17) is 9.97 Å². The fraction of sp³-hybridized carbons (Fsp3) is 0.478. The maximum Gasteiger partial charge on any atom is 0.271 e. The number of anilines is 3. The molecule has 0 amide bonds. The van der Waals surface area contributed by atoms with Crippen LogP contribution in [0.5, 0.6) is 0 Å². The third-order valence-electron chi connectivity index (χ3n) is 6.74. The Hall–Kier alpha value is -3.12. The number of nitriles is 1. The molecule has 3 aromatic heterocycles. The molecular formula is C23H27N7OS. The van der Waals surface area contributed by atoms with Gasteiger partial charge in [-0.15, -0.1) is 11.3 Å². The first-order valence-electron chi connectivity index (χ1n) is 10.9. The number of piperidine rings is 1. The lowest BCUT2D eigenvalue weighted by molar-refractivity contribution is 0.395. The topological polar surface area (TPSA) is 81.3 Å².